The van der Waals surface area contributed by atoms with Gasteiger partial charge in [-0.15, -0.1) is 0 Å². The van der Waals surface area contributed by atoms with Crippen LogP contribution in [0.15, 0.2) is 48.6 Å². The summed E-state index contributed by atoms with van der Waals surface area (Å²) in [5, 5.41) is 48.5. The lowest BCUT2D eigenvalue weighted by Gasteiger charge is -2.39. The molecule has 9 heteroatoms. The Hall–Kier alpha value is -1.85. The molecule has 9 nitrogen and oxygen atoms in total. The van der Waals surface area contributed by atoms with Gasteiger partial charge in [-0.2, -0.15) is 0 Å². The number of aliphatic hydroxyl groups is 5. The first-order valence-corrected chi connectivity index (χ1v) is 12.8. The normalized spacial score (nSPS) is 26.0. The number of hydrogen-bond donors (Lipinski definition) is 5. The van der Waals surface area contributed by atoms with Crippen molar-refractivity contribution in [3.8, 4) is 0 Å². The molecule has 0 amide bonds. The molecule has 0 spiro atoms. The molecule has 206 valence electrons. The molecule has 0 aromatic rings. The second-order valence-electron chi connectivity index (χ2n) is 8.61. The van der Waals surface area contributed by atoms with E-state index < -0.39 is 49.4 Å². The molecule has 1 aliphatic rings. The summed E-state index contributed by atoms with van der Waals surface area (Å²) in [6.07, 6.45) is 15.4. The Morgan fingerprint density at radius 2 is 1.47 bits per heavy atom. The average molecular weight is 513 g/mol. The maximum atomic E-state index is 11.8. The van der Waals surface area contributed by atoms with Crippen LogP contribution < -0.4 is 0 Å². The zero-order valence-corrected chi connectivity index (χ0v) is 21.2. The highest BCUT2D eigenvalue weighted by Gasteiger charge is 2.44. The third-order valence-corrected chi connectivity index (χ3v) is 5.46. The Morgan fingerprint density at radius 3 is 2.08 bits per heavy atom. The molecule has 0 aromatic heterocycles. The Bertz CT molecular complexity index is 687. The standard InChI is InChI=1S/C27H44O9/c1-2-3-4-5-6-7-8-9-10-11-12-13-14-15-16-17-23(30)34-19-21(29)20-35-27-26(33)25(32)24(31)22(18-28)36-27/h3-4,6-7,9-10,12-13,21-22,24-29,31-33H,2,5,8,11,14-20H2,1H3/b4-3-,7-6-,10-9-,13-12-/t21?,22-,24+,25+,26-,27-/m1/s1. The molecule has 1 heterocycles. The third-order valence-electron chi connectivity index (χ3n) is 5.46. The maximum absolute atomic E-state index is 11.8. The smallest absolute Gasteiger partial charge is 0.305 e. The van der Waals surface area contributed by atoms with Gasteiger partial charge in [0.05, 0.1) is 13.2 Å². The highest BCUT2D eigenvalue weighted by molar-refractivity contribution is 5.69. The van der Waals surface area contributed by atoms with Crippen LogP contribution in [-0.2, 0) is 19.0 Å². The van der Waals surface area contributed by atoms with Crippen molar-refractivity contribution >= 4 is 5.97 Å². The monoisotopic (exact) mass is 512 g/mol. The molecule has 1 rings (SSSR count). The van der Waals surface area contributed by atoms with E-state index in [4.69, 9.17) is 19.3 Å². The Labute approximate surface area is 214 Å². The van der Waals surface area contributed by atoms with Crippen LogP contribution in [0.1, 0.15) is 58.3 Å². The average Bonchev–Trinajstić information content (AvgIpc) is 2.88. The van der Waals surface area contributed by atoms with E-state index in [1.807, 2.05) is 0 Å². The molecule has 6 atom stereocenters. The van der Waals surface area contributed by atoms with E-state index in [-0.39, 0.29) is 19.6 Å². The predicted octanol–water partition coefficient (Wildman–Crippen LogP) is 2.07. The summed E-state index contributed by atoms with van der Waals surface area (Å²) in [7, 11) is 0. The van der Waals surface area contributed by atoms with Crippen molar-refractivity contribution in [3.05, 3.63) is 48.6 Å². The van der Waals surface area contributed by atoms with Crippen LogP contribution in [0.3, 0.4) is 0 Å². The number of carbonyl (C=O) groups is 1. The summed E-state index contributed by atoms with van der Waals surface area (Å²) < 4.78 is 15.4. The van der Waals surface area contributed by atoms with Gasteiger partial charge in [0.2, 0.25) is 0 Å². The SMILES string of the molecule is CC/C=C\C/C=C\C/C=C\C/C=C\CCCCC(=O)OCC(O)CO[C@@H]1O[C@H](CO)[C@H](O)[C@H](O)[C@H]1O. The minimum absolute atomic E-state index is 0.244. The Balaban J connectivity index is 2.06. The highest BCUT2D eigenvalue weighted by Crippen LogP contribution is 2.22. The molecule has 1 aliphatic heterocycles. The Kier molecular flexibility index (Phi) is 18.1. The number of aliphatic hydroxyl groups excluding tert-OH is 5. The highest BCUT2D eigenvalue weighted by atomic mass is 16.7. The van der Waals surface area contributed by atoms with E-state index in [1.165, 1.54) is 0 Å². The van der Waals surface area contributed by atoms with Crippen molar-refractivity contribution < 1.29 is 44.5 Å². The number of carbonyl (C=O) groups excluding carboxylic acids is 1. The third kappa shape index (κ3) is 14.0. The van der Waals surface area contributed by atoms with Gasteiger partial charge >= 0.3 is 5.97 Å². The van der Waals surface area contributed by atoms with Crippen molar-refractivity contribution in [1.29, 1.82) is 0 Å². The van der Waals surface area contributed by atoms with Crippen LogP contribution in [0.5, 0.6) is 0 Å². The molecule has 0 aliphatic carbocycles. The summed E-state index contributed by atoms with van der Waals surface area (Å²) >= 11 is 0. The van der Waals surface area contributed by atoms with E-state index in [2.05, 4.69) is 55.5 Å². The second-order valence-corrected chi connectivity index (χ2v) is 8.61. The molecule has 0 bridgehead atoms. The van der Waals surface area contributed by atoms with Crippen LogP contribution in [0, 0.1) is 0 Å². The number of esters is 1. The number of rotatable bonds is 18. The zero-order valence-electron chi connectivity index (χ0n) is 21.2. The van der Waals surface area contributed by atoms with Gasteiger partial charge in [0, 0.05) is 6.42 Å². The topological polar surface area (TPSA) is 146 Å². The molecule has 1 unspecified atom stereocenters. The molecular weight excluding hydrogens is 468 g/mol. The minimum atomic E-state index is -1.56. The van der Waals surface area contributed by atoms with Gasteiger partial charge in [0.25, 0.3) is 0 Å². The van der Waals surface area contributed by atoms with Crippen LogP contribution in [0.25, 0.3) is 0 Å². The fourth-order valence-electron chi connectivity index (χ4n) is 3.35. The van der Waals surface area contributed by atoms with Gasteiger partial charge < -0.3 is 39.7 Å². The van der Waals surface area contributed by atoms with Crippen molar-refractivity contribution in [1.82, 2.24) is 0 Å². The summed E-state index contributed by atoms with van der Waals surface area (Å²) in [5.74, 6) is -0.424. The minimum Gasteiger partial charge on any atom is -0.463 e. The van der Waals surface area contributed by atoms with E-state index in [9.17, 15) is 25.2 Å². The summed E-state index contributed by atoms with van der Waals surface area (Å²) in [5.41, 5.74) is 0. The quantitative estimate of drug-likeness (QED) is 0.106. The lowest BCUT2D eigenvalue weighted by atomic mass is 9.99. The number of allylic oxidation sites excluding steroid dienone is 8. The predicted molar refractivity (Wildman–Crippen MR) is 136 cm³/mol. The van der Waals surface area contributed by atoms with E-state index in [1.54, 1.807) is 0 Å². The van der Waals surface area contributed by atoms with E-state index >= 15 is 0 Å². The first-order chi connectivity index (χ1) is 17.4. The lowest BCUT2D eigenvalue weighted by Crippen LogP contribution is -2.59. The Morgan fingerprint density at radius 1 is 0.861 bits per heavy atom. The first-order valence-electron chi connectivity index (χ1n) is 12.8. The van der Waals surface area contributed by atoms with Crippen LogP contribution in [0.2, 0.25) is 0 Å². The summed E-state index contributed by atoms with van der Waals surface area (Å²) in [4.78, 5) is 11.8. The van der Waals surface area contributed by atoms with Crippen LogP contribution in [0.4, 0.5) is 0 Å². The van der Waals surface area contributed by atoms with Gasteiger partial charge in [-0.25, -0.2) is 0 Å². The van der Waals surface area contributed by atoms with Gasteiger partial charge in [-0.05, 0) is 44.9 Å². The molecule has 0 aromatic carbocycles. The van der Waals surface area contributed by atoms with Gasteiger partial charge in [0.15, 0.2) is 6.29 Å². The summed E-state index contributed by atoms with van der Waals surface area (Å²) in [6.45, 7) is 0.931. The molecule has 0 saturated carbocycles. The second kappa shape index (κ2) is 20.2. The van der Waals surface area contributed by atoms with Crippen molar-refractivity contribution in [2.24, 2.45) is 0 Å². The van der Waals surface area contributed by atoms with E-state index in [0.29, 0.717) is 6.42 Å². The van der Waals surface area contributed by atoms with Crippen molar-refractivity contribution in [2.45, 2.75) is 95.1 Å². The van der Waals surface area contributed by atoms with Gasteiger partial charge in [0.1, 0.15) is 37.1 Å². The zero-order chi connectivity index (χ0) is 26.6. The van der Waals surface area contributed by atoms with Crippen LogP contribution >= 0.6 is 0 Å². The fourth-order valence-corrected chi connectivity index (χ4v) is 3.35. The molecular formula is C27H44O9. The van der Waals surface area contributed by atoms with Crippen LogP contribution in [-0.4, -0.2) is 88.1 Å². The van der Waals surface area contributed by atoms with Gasteiger partial charge in [-0.1, -0.05) is 55.5 Å². The molecule has 0 radical (unpaired) electrons. The molecule has 1 saturated heterocycles. The molecule has 1 fully saturated rings. The fraction of sp³-hybridized carbons (Fsp3) is 0.667. The lowest BCUT2D eigenvalue weighted by molar-refractivity contribution is -0.305. The van der Waals surface area contributed by atoms with Crippen molar-refractivity contribution in [2.75, 3.05) is 19.8 Å². The molecule has 36 heavy (non-hydrogen) atoms. The maximum Gasteiger partial charge on any atom is 0.305 e. The largest absolute Gasteiger partial charge is 0.463 e. The van der Waals surface area contributed by atoms with Gasteiger partial charge in [-0.3, -0.25) is 4.79 Å². The van der Waals surface area contributed by atoms with E-state index in [0.717, 1.165) is 38.5 Å². The molecule has 5 N–H and O–H groups in total. The van der Waals surface area contributed by atoms with Crippen molar-refractivity contribution in [3.63, 3.8) is 0 Å². The number of ether oxygens (including phenoxy) is 3. The first kappa shape index (κ1) is 32.2. The number of hydrogen-bond acceptors (Lipinski definition) is 9. The summed E-state index contributed by atoms with van der Waals surface area (Å²) in [6, 6.07) is 0. The number of unbranched alkanes of at least 4 members (excludes halogenated alkanes) is 2.